The van der Waals surface area contributed by atoms with Crippen LogP contribution in [0.2, 0.25) is 0 Å². The van der Waals surface area contributed by atoms with Gasteiger partial charge in [-0.2, -0.15) is 0 Å². The number of hydrogen-bond acceptors (Lipinski definition) is 6. The number of para-hydroxylation sites is 2. The number of fused-ring (bicyclic) bond motifs is 1. The minimum atomic E-state index is -0.214. The summed E-state index contributed by atoms with van der Waals surface area (Å²) in [4.78, 5) is 6.45. The fourth-order valence-electron chi connectivity index (χ4n) is 3.54. The summed E-state index contributed by atoms with van der Waals surface area (Å²) in [7, 11) is 0. The van der Waals surface area contributed by atoms with Gasteiger partial charge in [0.2, 0.25) is 0 Å². The number of aromatic nitrogens is 1. The summed E-state index contributed by atoms with van der Waals surface area (Å²) in [6.45, 7) is 1.14. The van der Waals surface area contributed by atoms with E-state index >= 15 is 0 Å². The molecular formula is C22H19N3O3S. The predicted molar refractivity (Wildman–Crippen MR) is 113 cm³/mol. The van der Waals surface area contributed by atoms with Gasteiger partial charge in [-0.1, -0.05) is 42.5 Å². The van der Waals surface area contributed by atoms with E-state index in [1.54, 1.807) is 4.90 Å². The number of nitrogens with one attached hydrogen (secondary N) is 1. The molecule has 29 heavy (non-hydrogen) atoms. The standard InChI is InChI=1S/C22H19N3O3S/c23-21-20(22-24-16(13-29-22)14-6-2-1-3-7-14)17(26)11-25(21)10-15-12-27-18-8-4-5-9-19(18)28-15/h1-9,13,15,23,26H,10-12H2/t15-/m0/s1. The minimum Gasteiger partial charge on any atom is -0.510 e. The average Bonchev–Trinajstić information content (AvgIpc) is 3.33. The van der Waals surface area contributed by atoms with Crippen LogP contribution in [0.1, 0.15) is 5.01 Å². The van der Waals surface area contributed by atoms with Gasteiger partial charge in [0.25, 0.3) is 0 Å². The maximum absolute atomic E-state index is 10.5. The van der Waals surface area contributed by atoms with Crippen LogP contribution in [0.5, 0.6) is 11.5 Å². The highest BCUT2D eigenvalue weighted by Gasteiger charge is 2.33. The van der Waals surface area contributed by atoms with Crippen LogP contribution in [-0.4, -0.2) is 46.6 Å². The van der Waals surface area contributed by atoms with Gasteiger partial charge in [0, 0.05) is 10.9 Å². The first-order chi connectivity index (χ1) is 14.2. The monoisotopic (exact) mass is 405 g/mol. The molecule has 0 amide bonds. The summed E-state index contributed by atoms with van der Waals surface area (Å²) < 4.78 is 11.8. The van der Waals surface area contributed by atoms with Crippen LogP contribution in [0.4, 0.5) is 0 Å². The lowest BCUT2D eigenvalue weighted by atomic mass is 10.2. The maximum atomic E-state index is 10.5. The van der Waals surface area contributed by atoms with Gasteiger partial charge in [-0.3, -0.25) is 5.41 Å². The summed E-state index contributed by atoms with van der Waals surface area (Å²) in [6, 6.07) is 17.5. The zero-order valence-electron chi connectivity index (χ0n) is 15.5. The second-order valence-corrected chi connectivity index (χ2v) is 7.81. The third-order valence-corrected chi connectivity index (χ3v) is 5.82. The molecule has 1 atom stereocenters. The van der Waals surface area contributed by atoms with Crippen molar-refractivity contribution >= 4 is 22.7 Å². The Bertz CT molecular complexity index is 1090. The fourth-order valence-corrected chi connectivity index (χ4v) is 4.44. The van der Waals surface area contributed by atoms with Gasteiger partial charge in [-0.05, 0) is 12.1 Å². The molecule has 146 valence electrons. The van der Waals surface area contributed by atoms with E-state index in [2.05, 4.69) is 4.98 Å². The van der Waals surface area contributed by atoms with E-state index in [4.69, 9.17) is 14.9 Å². The molecule has 0 bridgehead atoms. The Balaban J connectivity index is 1.31. The molecule has 0 unspecified atom stereocenters. The number of rotatable bonds is 4. The summed E-state index contributed by atoms with van der Waals surface area (Å²) in [6.07, 6.45) is -0.214. The van der Waals surface area contributed by atoms with Crippen molar-refractivity contribution in [3.63, 3.8) is 0 Å². The van der Waals surface area contributed by atoms with E-state index in [1.165, 1.54) is 11.3 Å². The Morgan fingerprint density at radius 2 is 1.86 bits per heavy atom. The third kappa shape index (κ3) is 3.34. The van der Waals surface area contributed by atoms with Crippen molar-refractivity contribution in [3.8, 4) is 22.8 Å². The Hall–Kier alpha value is -3.32. The van der Waals surface area contributed by atoms with Crippen molar-refractivity contribution in [3.05, 3.63) is 70.7 Å². The molecular weight excluding hydrogens is 386 g/mol. The summed E-state index contributed by atoms with van der Waals surface area (Å²) >= 11 is 1.44. The number of nitrogens with zero attached hydrogens (tertiary/aromatic N) is 2. The number of amidine groups is 1. The van der Waals surface area contributed by atoms with E-state index < -0.39 is 0 Å². The van der Waals surface area contributed by atoms with Gasteiger partial charge in [-0.25, -0.2) is 4.98 Å². The van der Waals surface area contributed by atoms with E-state index in [0.29, 0.717) is 29.5 Å². The molecule has 2 aromatic carbocycles. The smallest absolute Gasteiger partial charge is 0.161 e. The second kappa shape index (κ2) is 7.25. The van der Waals surface area contributed by atoms with Crippen LogP contribution < -0.4 is 9.47 Å². The highest BCUT2D eigenvalue weighted by atomic mass is 32.1. The molecule has 1 aromatic heterocycles. The molecule has 3 aromatic rings. The Morgan fingerprint density at radius 3 is 2.69 bits per heavy atom. The Labute approximate surface area is 172 Å². The number of ether oxygens (including phenoxy) is 2. The van der Waals surface area contributed by atoms with Crippen LogP contribution in [-0.2, 0) is 0 Å². The molecule has 0 saturated heterocycles. The number of aliphatic hydroxyl groups excluding tert-OH is 1. The van der Waals surface area contributed by atoms with Gasteiger partial charge < -0.3 is 19.5 Å². The fraction of sp³-hybridized carbons (Fsp3) is 0.182. The van der Waals surface area contributed by atoms with Crippen LogP contribution in [0.25, 0.3) is 16.8 Å². The zero-order chi connectivity index (χ0) is 19.8. The lowest BCUT2D eigenvalue weighted by molar-refractivity contribution is 0.0751. The molecule has 6 nitrogen and oxygen atoms in total. The van der Waals surface area contributed by atoms with E-state index in [0.717, 1.165) is 17.0 Å². The van der Waals surface area contributed by atoms with Crippen molar-refractivity contribution in [2.75, 3.05) is 19.7 Å². The molecule has 2 N–H and O–H groups in total. The molecule has 0 radical (unpaired) electrons. The van der Waals surface area contributed by atoms with Crippen molar-refractivity contribution < 1.29 is 14.6 Å². The van der Waals surface area contributed by atoms with Crippen LogP contribution >= 0.6 is 11.3 Å². The normalized spacial score (nSPS) is 18.4. The Morgan fingerprint density at radius 1 is 1.10 bits per heavy atom. The highest BCUT2D eigenvalue weighted by Crippen LogP contribution is 2.34. The molecule has 7 heteroatoms. The molecule has 0 fully saturated rings. The average molecular weight is 405 g/mol. The predicted octanol–water partition coefficient (Wildman–Crippen LogP) is 4.21. The van der Waals surface area contributed by atoms with Gasteiger partial charge in [0.1, 0.15) is 23.2 Å². The van der Waals surface area contributed by atoms with Crippen molar-refractivity contribution in [1.29, 1.82) is 5.41 Å². The topological polar surface area (TPSA) is 78.7 Å². The molecule has 2 aliphatic heterocycles. The number of benzene rings is 2. The number of thiazole rings is 1. The van der Waals surface area contributed by atoms with Crippen molar-refractivity contribution in [1.82, 2.24) is 9.88 Å². The van der Waals surface area contributed by atoms with Gasteiger partial charge in [-0.15, -0.1) is 11.3 Å². The molecule has 0 spiro atoms. The summed E-state index contributed by atoms with van der Waals surface area (Å²) in [5.74, 6) is 1.87. The molecule has 5 rings (SSSR count). The molecule has 3 heterocycles. The largest absolute Gasteiger partial charge is 0.510 e. The lowest BCUT2D eigenvalue weighted by Gasteiger charge is -2.30. The van der Waals surface area contributed by atoms with Crippen molar-refractivity contribution in [2.45, 2.75) is 6.10 Å². The first kappa shape index (κ1) is 17.8. The van der Waals surface area contributed by atoms with Crippen LogP contribution in [0, 0.1) is 5.41 Å². The number of aliphatic hydroxyl groups is 1. The van der Waals surface area contributed by atoms with Crippen LogP contribution in [0.3, 0.4) is 0 Å². The highest BCUT2D eigenvalue weighted by molar-refractivity contribution is 7.11. The van der Waals surface area contributed by atoms with E-state index in [-0.39, 0.29) is 24.2 Å². The quantitative estimate of drug-likeness (QED) is 0.680. The SMILES string of the molecule is N=C1C(c2nc(-c3ccccc3)cs2)=C(O)CN1C[C@H]1COc2ccccc2O1. The first-order valence-corrected chi connectivity index (χ1v) is 10.2. The lowest BCUT2D eigenvalue weighted by Crippen LogP contribution is -2.42. The Kier molecular flexibility index (Phi) is 4.44. The van der Waals surface area contributed by atoms with Crippen LogP contribution in [0.15, 0.2) is 65.7 Å². The minimum absolute atomic E-state index is 0.168. The van der Waals surface area contributed by atoms with Gasteiger partial charge in [0.05, 0.1) is 24.4 Å². The van der Waals surface area contributed by atoms with Gasteiger partial charge >= 0.3 is 0 Å². The summed E-state index contributed by atoms with van der Waals surface area (Å²) in [5.41, 5.74) is 2.36. The molecule has 0 aliphatic carbocycles. The summed E-state index contributed by atoms with van der Waals surface area (Å²) in [5, 5.41) is 21.7. The number of hydrogen-bond donors (Lipinski definition) is 2. The third-order valence-electron chi connectivity index (χ3n) is 4.96. The van der Waals surface area contributed by atoms with E-state index in [9.17, 15) is 5.11 Å². The molecule has 2 aliphatic rings. The zero-order valence-corrected chi connectivity index (χ0v) is 16.4. The van der Waals surface area contributed by atoms with E-state index in [1.807, 2.05) is 60.0 Å². The second-order valence-electron chi connectivity index (χ2n) is 6.95. The first-order valence-electron chi connectivity index (χ1n) is 9.35. The maximum Gasteiger partial charge on any atom is 0.161 e. The molecule has 0 saturated carbocycles. The van der Waals surface area contributed by atoms with Gasteiger partial charge in [0.15, 0.2) is 17.6 Å². The van der Waals surface area contributed by atoms with Crippen molar-refractivity contribution in [2.24, 2.45) is 0 Å².